The highest BCUT2D eigenvalue weighted by atomic mass is 16.5. The molecular formula is C3H6N4O. The maximum atomic E-state index is 3.51. The summed E-state index contributed by atoms with van der Waals surface area (Å²) in [5.41, 5.74) is 0. The van der Waals surface area contributed by atoms with Gasteiger partial charge in [0.2, 0.25) is 0 Å². The maximum absolute atomic E-state index is 3.51. The molecule has 0 atom stereocenters. The summed E-state index contributed by atoms with van der Waals surface area (Å²) in [5, 5.41) is 10.3. The van der Waals surface area contributed by atoms with Crippen molar-refractivity contribution < 1.29 is 4.74 Å². The van der Waals surface area contributed by atoms with Gasteiger partial charge in [0.15, 0.2) is 0 Å². The number of rotatable bonds is 1. The zero-order chi connectivity index (χ0) is 5.98. The number of tetrazole rings is 1. The predicted molar refractivity (Wildman–Crippen MR) is 25.8 cm³/mol. The Bertz CT molecular complexity index is 172. The van der Waals surface area contributed by atoms with E-state index in [1.807, 2.05) is 0 Å². The van der Waals surface area contributed by atoms with Crippen molar-refractivity contribution in [2.75, 3.05) is 0 Å². The Morgan fingerprint density at radius 3 is 2.75 bits per heavy atom. The van der Waals surface area contributed by atoms with Crippen molar-refractivity contribution in [3.8, 4) is 6.01 Å². The molecule has 0 saturated heterocycles. The number of nitrogens with zero attached hydrogens (tertiary/aromatic N) is 4. The second kappa shape index (κ2) is 1.77. The average Bonchev–Trinajstić information content (AvgIpc) is 2.14. The van der Waals surface area contributed by atoms with E-state index in [-0.39, 0.29) is 0 Å². The highest BCUT2D eigenvalue weighted by Gasteiger charge is 1.99. The highest BCUT2D eigenvalue weighted by Crippen LogP contribution is 1.97. The summed E-state index contributed by atoms with van der Waals surface area (Å²) in [7, 11) is 4.95. The second-order valence-electron chi connectivity index (χ2n) is 1.26. The first kappa shape index (κ1) is 5.02. The van der Waals surface area contributed by atoms with Crippen molar-refractivity contribution in [2.45, 2.75) is 0 Å². The molecule has 0 fully saturated rings. The summed E-state index contributed by atoms with van der Waals surface area (Å²) < 4.78 is 4.94. The number of hydrogen-bond acceptors (Lipinski definition) is 3. The topological polar surface area (TPSA) is 56.4 Å². The van der Waals surface area contributed by atoms with E-state index in [4.69, 9.17) is 0 Å². The van der Waals surface area contributed by atoms with Crippen molar-refractivity contribution in [3.63, 3.8) is 0 Å². The third-order valence-electron chi connectivity index (χ3n) is 0.739. The van der Waals surface area contributed by atoms with Crippen LogP contribution in [0.5, 0.6) is 6.01 Å². The SMILES string of the molecule is [CH2-][OH+]c1nnnn1C. The van der Waals surface area contributed by atoms with Gasteiger partial charge in [-0.1, -0.05) is 0 Å². The van der Waals surface area contributed by atoms with Crippen LogP contribution < -0.4 is 0 Å². The Balaban J connectivity index is 2.92. The van der Waals surface area contributed by atoms with Gasteiger partial charge in [0.05, 0.1) is 0 Å². The predicted octanol–water partition coefficient (Wildman–Crippen LogP) is -0.757. The van der Waals surface area contributed by atoms with Gasteiger partial charge >= 0.3 is 6.01 Å². The molecular weight excluding hydrogens is 108 g/mol. The fraction of sp³-hybridized carbons (Fsp3) is 0.333. The van der Waals surface area contributed by atoms with Gasteiger partial charge in [0.1, 0.15) is 0 Å². The summed E-state index contributed by atoms with van der Waals surface area (Å²) in [6.07, 6.45) is 0. The molecule has 0 aromatic carbocycles. The first-order valence-corrected chi connectivity index (χ1v) is 2.03. The van der Waals surface area contributed by atoms with Crippen LogP contribution in [0.4, 0.5) is 0 Å². The molecule has 0 radical (unpaired) electrons. The summed E-state index contributed by atoms with van der Waals surface area (Å²) >= 11 is 0. The summed E-state index contributed by atoms with van der Waals surface area (Å²) in [6, 6.07) is 0.435. The Morgan fingerprint density at radius 2 is 2.50 bits per heavy atom. The van der Waals surface area contributed by atoms with Crippen LogP contribution in [-0.4, -0.2) is 24.9 Å². The van der Waals surface area contributed by atoms with Gasteiger partial charge < -0.3 is 4.74 Å². The van der Waals surface area contributed by atoms with E-state index in [9.17, 15) is 0 Å². The molecule has 1 aromatic rings. The first-order chi connectivity index (χ1) is 3.84. The summed E-state index contributed by atoms with van der Waals surface area (Å²) in [4.78, 5) is 0. The quantitative estimate of drug-likeness (QED) is 0.356. The fourth-order valence-electron chi connectivity index (χ4n) is 0.359. The lowest BCUT2D eigenvalue weighted by molar-refractivity contribution is 0.150. The van der Waals surface area contributed by atoms with Crippen molar-refractivity contribution in [1.82, 2.24) is 20.2 Å². The molecule has 0 unspecified atom stereocenters. The van der Waals surface area contributed by atoms with E-state index in [0.29, 0.717) is 6.01 Å². The van der Waals surface area contributed by atoms with Crippen molar-refractivity contribution in [3.05, 3.63) is 7.11 Å². The standard InChI is InChI=1S/C3H6N4O/c1-7-3(8-2)4-5-6-7/h8H,2H2,1H3. The Kier molecular flexibility index (Phi) is 1.11. The average molecular weight is 114 g/mol. The smallest absolute Gasteiger partial charge is 0.457 e. The van der Waals surface area contributed by atoms with Crippen molar-refractivity contribution >= 4 is 0 Å². The molecule has 1 N–H and O–H groups in total. The van der Waals surface area contributed by atoms with Gasteiger partial charge in [-0.2, -0.15) is 4.68 Å². The van der Waals surface area contributed by atoms with Crippen molar-refractivity contribution in [2.24, 2.45) is 7.05 Å². The lowest BCUT2D eigenvalue weighted by Gasteiger charge is -1.95. The van der Waals surface area contributed by atoms with Crippen LogP contribution in [0.1, 0.15) is 0 Å². The van der Waals surface area contributed by atoms with Crippen molar-refractivity contribution in [1.29, 1.82) is 0 Å². The molecule has 0 aliphatic carbocycles. The van der Waals surface area contributed by atoms with Gasteiger partial charge in [-0.25, -0.2) is 0 Å². The summed E-state index contributed by atoms with van der Waals surface area (Å²) in [5.74, 6) is 0. The highest BCUT2D eigenvalue weighted by molar-refractivity contribution is 4.82. The fourth-order valence-corrected chi connectivity index (χ4v) is 0.359. The minimum absolute atomic E-state index is 0.435. The molecule has 0 bridgehead atoms. The van der Waals surface area contributed by atoms with Crippen LogP contribution >= 0.6 is 0 Å². The zero-order valence-corrected chi connectivity index (χ0v) is 4.44. The molecule has 1 heterocycles. The van der Waals surface area contributed by atoms with E-state index in [0.717, 1.165) is 0 Å². The van der Waals surface area contributed by atoms with E-state index in [2.05, 4.69) is 27.4 Å². The number of hydrogen-bond donors (Lipinski definition) is 0. The van der Waals surface area contributed by atoms with Crippen LogP contribution in [0.15, 0.2) is 0 Å². The van der Waals surface area contributed by atoms with Crippen LogP contribution in [-0.2, 0) is 7.05 Å². The molecule has 5 nitrogen and oxygen atoms in total. The molecule has 0 aliphatic heterocycles. The normalized spacial score (nSPS) is 9.25. The molecule has 1 aromatic heterocycles. The van der Waals surface area contributed by atoms with Gasteiger partial charge in [-0.3, -0.25) is 0 Å². The van der Waals surface area contributed by atoms with Crippen LogP contribution in [0.25, 0.3) is 0 Å². The van der Waals surface area contributed by atoms with E-state index >= 15 is 0 Å². The Labute approximate surface area is 46.3 Å². The molecule has 44 valence electrons. The number of aryl methyl sites for hydroxylation is 1. The minimum atomic E-state index is 0.435. The van der Waals surface area contributed by atoms with E-state index in [1.54, 1.807) is 7.05 Å². The Hall–Kier alpha value is -1.13. The lowest BCUT2D eigenvalue weighted by atomic mass is 11.1. The third-order valence-corrected chi connectivity index (χ3v) is 0.739. The monoisotopic (exact) mass is 114 g/mol. The number of aliphatic hydroxyl groups is 1. The molecule has 0 spiro atoms. The van der Waals surface area contributed by atoms with Gasteiger partial charge in [0.25, 0.3) is 0 Å². The van der Waals surface area contributed by atoms with Gasteiger partial charge in [-0.05, 0) is 22.6 Å². The number of ether oxygens (including phenoxy) is 1. The van der Waals surface area contributed by atoms with Gasteiger partial charge in [-0.15, -0.1) is 0 Å². The lowest BCUT2D eigenvalue weighted by Crippen LogP contribution is -1.91. The van der Waals surface area contributed by atoms with Crippen LogP contribution in [0.3, 0.4) is 0 Å². The largest absolute Gasteiger partial charge is 0.691 e. The number of aromatic nitrogens is 4. The third kappa shape index (κ3) is 0.617. The molecule has 1 rings (SSSR count). The summed E-state index contributed by atoms with van der Waals surface area (Å²) in [6.45, 7) is 0. The number of aromatic hydroxyl groups is 1. The van der Waals surface area contributed by atoms with Gasteiger partial charge in [0, 0.05) is 7.05 Å². The van der Waals surface area contributed by atoms with Crippen LogP contribution in [0, 0.1) is 7.11 Å². The zero-order valence-electron chi connectivity index (χ0n) is 4.44. The molecule has 8 heavy (non-hydrogen) atoms. The molecule has 0 amide bonds. The van der Waals surface area contributed by atoms with E-state index in [1.165, 1.54) is 4.68 Å². The maximum Gasteiger partial charge on any atom is 0.457 e. The van der Waals surface area contributed by atoms with Crippen LogP contribution in [0.2, 0.25) is 0 Å². The molecule has 0 aliphatic rings. The Morgan fingerprint density at radius 1 is 1.75 bits per heavy atom. The molecule has 5 heteroatoms. The first-order valence-electron chi connectivity index (χ1n) is 2.03. The van der Waals surface area contributed by atoms with E-state index < -0.39 is 0 Å². The minimum Gasteiger partial charge on any atom is -0.691 e. The second-order valence-corrected chi connectivity index (χ2v) is 1.26. The molecule has 0 saturated carbocycles.